The smallest absolute Gasteiger partial charge is 0.251 e. The number of methoxy groups -OCH3 is 1. The topological polar surface area (TPSA) is 85.4 Å². The Balaban J connectivity index is 1.55. The predicted octanol–water partition coefficient (Wildman–Crippen LogP) is 4.85. The van der Waals surface area contributed by atoms with Crippen molar-refractivity contribution in [3.63, 3.8) is 0 Å². The van der Waals surface area contributed by atoms with Gasteiger partial charge in [0, 0.05) is 42.4 Å². The summed E-state index contributed by atoms with van der Waals surface area (Å²) in [5.41, 5.74) is 2.49. The minimum absolute atomic E-state index is 0.161. The van der Waals surface area contributed by atoms with Crippen LogP contribution in [-0.4, -0.2) is 30.0 Å². The van der Waals surface area contributed by atoms with E-state index in [1.54, 1.807) is 50.7 Å². The summed E-state index contributed by atoms with van der Waals surface area (Å²) in [5, 5.41) is 6.45. The highest BCUT2D eigenvalue weighted by atomic mass is 19.1. The van der Waals surface area contributed by atoms with Crippen molar-refractivity contribution in [1.82, 2.24) is 15.3 Å². The maximum atomic E-state index is 13.6. The third-order valence-corrected chi connectivity index (χ3v) is 5.22. The molecule has 8 heteroatoms. The molecule has 2 N–H and O–H groups in total. The van der Waals surface area contributed by atoms with Crippen molar-refractivity contribution in [2.24, 2.45) is 0 Å². The van der Waals surface area contributed by atoms with Crippen molar-refractivity contribution in [3.8, 4) is 17.2 Å². The number of nitrogens with zero attached hydrogens (tertiary/aromatic N) is 2. The number of ether oxygens (including phenoxy) is 2. The highest BCUT2D eigenvalue weighted by Crippen LogP contribution is 2.33. The summed E-state index contributed by atoms with van der Waals surface area (Å²) in [6.07, 6.45) is 1.66. The number of carbonyl (C=O) groups is 1. The fraction of sp³-hybridized carbons (Fsp3) is 0.160. The number of aromatic nitrogens is 2. The van der Waals surface area contributed by atoms with E-state index in [9.17, 15) is 9.18 Å². The Hall–Kier alpha value is -4.20. The Bertz CT molecular complexity index is 1330. The molecule has 0 aliphatic rings. The standard InChI is InChI=1S/C25H23FN4O3/c1-15-18(25(31)29-14-16-11-23(26)30-24(12-16)27-2)5-4-6-21(15)33-22-9-10-28-20-13-17(32-3)7-8-19(20)22/h4-13H,14H2,1-3H3,(H,27,30)(H,29,31). The van der Waals surface area contributed by atoms with Crippen molar-refractivity contribution >= 4 is 22.6 Å². The van der Waals surface area contributed by atoms with E-state index in [4.69, 9.17) is 9.47 Å². The van der Waals surface area contributed by atoms with Crippen molar-refractivity contribution in [1.29, 1.82) is 0 Å². The average molecular weight is 446 g/mol. The molecule has 33 heavy (non-hydrogen) atoms. The van der Waals surface area contributed by atoms with E-state index < -0.39 is 5.95 Å². The lowest BCUT2D eigenvalue weighted by Crippen LogP contribution is -2.24. The molecule has 7 nitrogen and oxygen atoms in total. The molecule has 2 heterocycles. The van der Waals surface area contributed by atoms with Crippen LogP contribution in [0.15, 0.2) is 60.8 Å². The summed E-state index contributed by atoms with van der Waals surface area (Å²) in [4.78, 5) is 20.9. The van der Waals surface area contributed by atoms with Gasteiger partial charge in [-0.1, -0.05) is 6.07 Å². The van der Waals surface area contributed by atoms with Crippen molar-refractivity contribution in [2.75, 3.05) is 19.5 Å². The van der Waals surface area contributed by atoms with Crippen molar-refractivity contribution in [3.05, 3.63) is 83.4 Å². The number of nitrogens with one attached hydrogen (secondary N) is 2. The molecular weight excluding hydrogens is 423 g/mol. The van der Waals surface area contributed by atoms with Crippen LogP contribution < -0.4 is 20.1 Å². The van der Waals surface area contributed by atoms with E-state index in [-0.39, 0.29) is 12.5 Å². The molecule has 0 spiro atoms. The first-order chi connectivity index (χ1) is 16.0. The van der Waals surface area contributed by atoms with Gasteiger partial charge in [-0.3, -0.25) is 9.78 Å². The van der Waals surface area contributed by atoms with Crippen LogP contribution >= 0.6 is 0 Å². The molecule has 0 aliphatic heterocycles. The van der Waals surface area contributed by atoms with Crippen LogP contribution in [0.5, 0.6) is 17.2 Å². The second-order valence-electron chi connectivity index (χ2n) is 7.34. The molecule has 168 valence electrons. The SMILES string of the molecule is CNc1cc(CNC(=O)c2cccc(Oc3ccnc4cc(OC)ccc34)c2C)cc(F)n1. The summed E-state index contributed by atoms with van der Waals surface area (Å²) < 4.78 is 25.1. The Morgan fingerprint density at radius 1 is 1.09 bits per heavy atom. The summed E-state index contributed by atoms with van der Waals surface area (Å²) in [6, 6.07) is 15.6. The van der Waals surface area contributed by atoms with E-state index in [0.29, 0.717) is 39.8 Å². The van der Waals surface area contributed by atoms with Gasteiger partial charge >= 0.3 is 0 Å². The number of pyridine rings is 2. The minimum atomic E-state index is -0.611. The molecule has 0 aliphatic carbocycles. The van der Waals surface area contributed by atoms with E-state index in [1.807, 2.05) is 25.1 Å². The van der Waals surface area contributed by atoms with Crippen LogP contribution in [0.25, 0.3) is 10.9 Å². The Morgan fingerprint density at radius 3 is 2.73 bits per heavy atom. The summed E-state index contributed by atoms with van der Waals surface area (Å²) >= 11 is 0. The third-order valence-electron chi connectivity index (χ3n) is 5.22. The molecule has 0 radical (unpaired) electrons. The van der Waals surface area contributed by atoms with Gasteiger partial charge in [0.1, 0.15) is 23.1 Å². The second-order valence-corrected chi connectivity index (χ2v) is 7.34. The van der Waals surface area contributed by atoms with E-state index >= 15 is 0 Å². The van der Waals surface area contributed by atoms with Crippen molar-refractivity contribution < 1.29 is 18.7 Å². The number of halogens is 1. The van der Waals surface area contributed by atoms with Crippen LogP contribution in [0, 0.1) is 12.9 Å². The molecule has 2 aromatic carbocycles. The number of rotatable bonds is 7. The maximum absolute atomic E-state index is 13.6. The van der Waals surface area contributed by atoms with Gasteiger partial charge < -0.3 is 20.1 Å². The number of amides is 1. The second kappa shape index (κ2) is 9.52. The minimum Gasteiger partial charge on any atom is -0.497 e. The van der Waals surface area contributed by atoms with Crippen LogP contribution in [0.1, 0.15) is 21.5 Å². The number of benzene rings is 2. The zero-order chi connectivity index (χ0) is 23.4. The molecule has 0 atom stereocenters. The Kier molecular flexibility index (Phi) is 6.35. The Labute approximate surface area is 190 Å². The molecule has 0 saturated carbocycles. The van der Waals surface area contributed by atoms with E-state index in [1.165, 1.54) is 6.07 Å². The number of fused-ring (bicyclic) bond motifs is 1. The first-order valence-electron chi connectivity index (χ1n) is 10.3. The fourth-order valence-corrected chi connectivity index (χ4v) is 3.46. The van der Waals surface area contributed by atoms with Gasteiger partial charge in [-0.2, -0.15) is 4.39 Å². The highest BCUT2D eigenvalue weighted by Gasteiger charge is 2.15. The molecular formula is C25H23FN4O3. The van der Waals surface area contributed by atoms with Gasteiger partial charge in [0.2, 0.25) is 5.95 Å². The molecule has 2 aromatic heterocycles. The number of anilines is 1. The van der Waals surface area contributed by atoms with Gasteiger partial charge in [0.15, 0.2) is 0 Å². The molecule has 4 rings (SSSR count). The van der Waals surface area contributed by atoms with Crippen LogP contribution in [0.4, 0.5) is 10.2 Å². The lowest BCUT2D eigenvalue weighted by Gasteiger charge is -2.14. The molecule has 0 fully saturated rings. The lowest BCUT2D eigenvalue weighted by molar-refractivity contribution is 0.0950. The monoisotopic (exact) mass is 446 g/mol. The number of hydrogen-bond acceptors (Lipinski definition) is 6. The summed E-state index contributed by atoms with van der Waals surface area (Å²) in [5.74, 6) is 1.38. The first kappa shape index (κ1) is 22.0. The quantitative estimate of drug-likeness (QED) is 0.395. The van der Waals surface area contributed by atoms with E-state index in [2.05, 4.69) is 20.6 Å². The molecule has 0 bridgehead atoms. The van der Waals surface area contributed by atoms with E-state index in [0.717, 1.165) is 10.9 Å². The first-order valence-corrected chi connectivity index (χ1v) is 10.3. The lowest BCUT2D eigenvalue weighted by atomic mass is 10.1. The largest absolute Gasteiger partial charge is 0.497 e. The zero-order valence-corrected chi connectivity index (χ0v) is 18.5. The fourth-order valence-electron chi connectivity index (χ4n) is 3.46. The van der Waals surface area contributed by atoms with Crippen LogP contribution in [-0.2, 0) is 6.54 Å². The van der Waals surface area contributed by atoms with Gasteiger partial charge in [-0.15, -0.1) is 0 Å². The van der Waals surface area contributed by atoms with Crippen LogP contribution in [0.2, 0.25) is 0 Å². The molecule has 1 amide bonds. The van der Waals surface area contributed by atoms with Gasteiger partial charge in [0.05, 0.1) is 12.6 Å². The normalized spacial score (nSPS) is 10.7. The molecule has 0 saturated heterocycles. The molecule has 0 unspecified atom stereocenters. The third kappa shape index (κ3) is 4.85. The summed E-state index contributed by atoms with van der Waals surface area (Å²) in [6.45, 7) is 1.98. The number of hydrogen-bond donors (Lipinski definition) is 2. The van der Waals surface area contributed by atoms with Gasteiger partial charge in [-0.25, -0.2) is 4.98 Å². The van der Waals surface area contributed by atoms with Crippen molar-refractivity contribution in [2.45, 2.75) is 13.5 Å². The Morgan fingerprint density at radius 2 is 1.94 bits per heavy atom. The highest BCUT2D eigenvalue weighted by molar-refractivity contribution is 5.96. The number of carbonyl (C=O) groups excluding carboxylic acids is 1. The maximum Gasteiger partial charge on any atom is 0.251 e. The predicted molar refractivity (Wildman–Crippen MR) is 124 cm³/mol. The van der Waals surface area contributed by atoms with Gasteiger partial charge in [0.25, 0.3) is 5.91 Å². The zero-order valence-electron chi connectivity index (χ0n) is 18.5. The average Bonchev–Trinajstić information content (AvgIpc) is 2.83. The van der Waals surface area contributed by atoms with Crippen LogP contribution in [0.3, 0.4) is 0 Å². The molecule has 4 aromatic rings. The summed E-state index contributed by atoms with van der Waals surface area (Å²) in [7, 11) is 3.26. The van der Waals surface area contributed by atoms with Gasteiger partial charge in [-0.05, 0) is 55.0 Å².